The highest BCUT2D eigenvalue weighted by molar-refractivity contribution is 5.97. The van der Waals surface area contributed by atoms with E-state index in [4.69, 9.17) is 15.1 Å². The van der Waals surface area contributed by atoms with Gasteiger partial charge in [-0.3, -0.25) is 24.0 Å². The number of hydrogen-bond donors (Lipinski definition) is 1. The molecular formula is C23H21N5O3. The molecule has 0 radical (unpaired) electrons. The third-order valence-electron chi connectivity index (χ3n) is 5.59. The maximum Gasteiger partial charge on any atom is 0.267 e. The van der Waals surface area contributed by atoms with E-state index in [0.29, 0.717) is 48.7 Å². The molecular weight excluding hydrogens is 394 g/mol. The fraction of sp³-hybridized carbons (Fsp3) is 0.217. The highest BCUT2D eigenvalue weighted by Crippen LogP contribution is 2.17. The second kappa shape index (κ2) is 7.48. The van der Waals surface area contributed by atoms with Crippen LogP contribution in [0.4, 0.5) is 0 Å². The molecule has 3 aromatic heterocycles. The van der Waals surface area contributed by atoms with Crippen molar-refractivity contribution in [1.82, 2.24) is 18.9 Å². The quantitative estimate of drug-likeness (QED) is 0.506. The first-order chi connectivity index (χ1) is 15.1. The van der Waals surface area contributed by atoms with Gasteiger partial charge in [-0.15, -0.1) is 0 Å². The number of benzene rings is 1. The Bertz CT molecular complexity index is 1430. The summed E-state index contributed by atoms with van der Waals surface area (Å²) in [5.74, 6) is -0.284. The molecule has 1 aliphatic heterocycles. The summed E-state index contributed by atoms with van der Waals surface area (Å²) in [5.41, 5.74) is 2.29. The van der Waals surface area contributed by atoms with Crippen LogP contribution in [-0.4, -0.2) is 51.1 Å². The Kier molecular flexibility index (Phi) is 4.63. The van der Waals surface area contributed by atoms with Crippen molar-refractivity contribution in [1.29, 1.82) is 5.41 Å². The Morgan fingerprint density at radius 3 is 2.55 bits per heavy atom. The number of pyridine rings is 2. The highest BCUT2D eigenvalue weighted by Gasteiger charge is 2.24. The van der Waals surface area contributed by atoms with Crippen LogP contribution in [0.2, 0.25) is 0 Å². The number of aromatic nitrogens is 3. The average Bonchev–Trinajstić information content (AvgIpc) is 2.80. The molecule has 0 bridgehead atoms. The number of ether oxygens (including phenoxy) is 1. The Labute approximate surface area is 177 Å². The minimum absolute atomic E-state index is 0.0000241. The predicted octanol–water partition coefficient (Wildman–Crippen LogP) is 1.90. The second-order valence-electron chi connectivity index (χ2n) is 7.52. The van der Waals surface area contributed by atoms with E-state index >= 15 is 0 Å². The lowest BCUT2D eigenvalue weighted by atomic mass is 10.1. The molecule has 0 atom stereocenters. The molecule has 0 saturated carbocycles. The lowest BCUT2D eigenvalue weighted by Crippen LogP contribution is -2.43. The number of rotatable bonds is 2. The van der Waals surface area contributed by atoms with Gasteiger partial charge in [-0.1, -0.05) is 24.3 Å². The van der Waals surface area contributed by atoms with Gasteiger partial charge in [-0.2, -0.15) is 0 Å². The molecule has 0 unspecified atom stereocenters. The predicted molar refractivity (Wildman–Crippen MR) is 116 cm³/mol. The third kappa shape index (κ3) is 3.12. The molecule has 1 aromatic carbocycles. The van der Waals surface area contributed by atoms with Gasteiger partial charge in [-0.25, -0.2) is 4.98 Å². The summed E-state index contributed by atoms with van der Waals surface area (Å²) >= 11 is 0. The molecule has 8 heteroatoms. The minimum Gasteiger partial charge on any atom is -0.378 e. The number of hydrogen-bond acceptors (Lipinski definition) is 5. The topological polar surface area (TPSA) is 92.7 Å². The zero-order valence-corrected chi connectivity index (χ0v) is 17.0. The summed E-state index contributed by atoms with van der Waals surface area (Å²) in [4.78, 5) is 33.1. The summed E-state index contributed by atoms with van der Waals surface area (Å²) < 4.78 is 8.41. The lowest BCUT2D eigenvalue weighted by molar-refractivity contribution is 0.0301. The van der Waals surface area contributed by atoms with E-state index < -0.39 is 0 Å². The van der Waals surface area contributed by atoms with Gasteiger partial charge in [-0.05, 0) is 36.8 Å². The number of fused-ring (bicyclic) bond motifs is 2. The van der Waals surface area contributed by atoms with Crippen molar-refractivity contribution >= 4 is 22.6 Å². The maximum atomic E-state index is 13.4. The highest BCUT2D eigenvalue weighted by atomic mass is 16.5. The summed E-state index contributed by atoms with van der Waals surface area (Å²) in [5, 5.41) is 9.17. The van der Waals surface area contributed by atoms with Crippen molar-refractivity contribution in [3.8, 4) is 5.69 Å². The van der Waals surface area contributed by atoms with Gasteiger partial charge in [0.1, 0.15) is 11.1 Å². The third-order valence-corrected chi connectivity index (χ3v) is 5.59. The van der Waals surface area contributed by atoms with Crippen molar-refractivity contribution in [2.75, 3.05) is 26.3 Å². The molecule has 1 amide bonds. The van der Waals surface area contributed by atoms with Gasteiger partial charge in [0.25, 0.3) is 11.5 Å². The number of nitrogens with one attached hydrogen (secondary N) is 1. The van der Waals surface area contributed by atoms with Crippen LogP contribution in [0.25, 0.3) is 22.4 Å². The van der Waals surface area contributed by atoms with Crippen molar-refractivity contribution < 1.29 is 9.53 Å². The number of carbonyl (C=O) groups is 1. The molecule has 1 N–H and O–H groups in total. The van der Waals surface area contributed by atoms with Crippen LogP contribution >= 0.6 is 0 Å². The van der Waals surface area contributed by atoms with E-state index in [1.807, 2.05) is 43.3 Å². The largest absolute Gasteiger partial charge is 0.378 e. The van der Waals surface area contributed by atoms with Crippen LogP contribution in [0.3, 0.4) is 0 Å². The van der Waals surface area contributed by atoms with Gasteiger partial charge >= 0.3 is 0 Å². The molecule has 1 saturated heterocycles. The van der Waals surface area contributed by atoms with Crippen LogP contribution in [0.15, 0.2) is 59.5 Å². The molecule has 156 valence electrons. The van der Waals surface area contributed by atoms with Crippen LogP contribution in [0.1, 0.15) is 15.9 Å². The second-order valence-corrected chi connectivity index (χ2v) is 7.52. The van der Waals surface area contributed by atoms with E-state index in [-0.39, 0.29) is 22.5 Å². The fourth-order valence-corrected chi connectivity index (χ4v) is 3.96. The first-order valence-electron chi connectivity index (χ1n) is 10.1. The average molecular weight is 415 g/mol. The molecule has 8 nitrogen and oxygen atoms in total. The first-order valence-corrected chi connectivity index (χ1v) is 10.1. The number of morpholine rings is 1. The summed E-state index contributed by atoms with van der Waals surface area (Å²) in [6.07, 6.45) is 1.67. The number of amides is 1. The van der Waals surface area contributed by atoms with E-state index in [1.54, 1.807) is 21.7 Å². The van der Waals surface area contributed by atoms with E-state index in [2.05, 4.69) is 0 Å². The number of carbonyl (C=O) groups excluding carboxylic acids is 1. The van der Waals surface area contributed by atoms with Gasteiger partial charge in [0, 0.05) is 25.0 Å². The molecule has 4 aromatic rings. The molecule has 1 aliphatic rings. The van der Waals surface area contributed by atoms with E-state index in [9.17, 15) is 9.59 Å². The molecule has 5 rings (SSSR count). The van der Waals surface area contributed by atoms with E-state index in [1.165, 1.54) is 10.5 Å². The minimum atomic E-state index is -0.284. The van der Waals surface area contributed by atoms with Crippen LogP contribution in [-0.2, 0) is 4.74 Å². The monoisotopic (exact) mass is 415 g/mol. The summed E-state index contributed by atoms with van der Waals surface area (Å²) in [7, 11) is 0. The molecule has 31 heavy (non-hydrogen) atoms. The van der Waals surface area contributed by atoms with Gasteiger partial charge < -0.3 is 9.64 Å². The Morgan fingerprint density at radius 2 is 1.81 bits per heavy atom. The Balaban J connectivity index is 1.88. The smallest absolute Gasteiger partial charge is 0.267 e. The Hall–Kier alpha value is -3.78. The lowest BCUT2D eigenvalue weighted by Gasteiger charge is -2.27. The molecule has 0 aliphatic carbocycles. The molecule has 1 fully saturated rings. The zero-order valence-electron chi connectivity index (χ0n) is 17.0. The zero-order chi connectivity index (χ0) is 21.5. The van der Waals surface area contributed by atoms with Gasteiger partial charge in [0.2, 0.25) is 0 Å². The molecule has 4 heterocycles. The summed E-state index contributed by atoms with van der Waals surface area (Å²) in [6, 6.07) is 14.4. The summed E-state index contributed by atoms with van der Waals surface area (Å²) in [6.45, 7) is 3.71. The van der Waals surface area contributed by atoms with Crippen molar-refractivity contribution in [3.63, 3.8) is 0 Å². The number of aryl methyl sites for hydroxylation is 1. The van der Waals surface area contributed by atoms with E-state index in [0.717, 1.165) is 5.56 Å². The Morgan fingerprint density at radius 1 is 1.06 bits per heavy atom. The number of nitrogens with zero attached hydrogens (tertiary/aromatic N) is 4. The maximum absolute atomic E-state index is 13.4. The normalized spacial score (nSPS) is 14.3. The van der Waals surface area contributed by atoms with Crippen LogP contribution < -0.4 is 11.0 Å². The standard InChI is InChI=1S/C23H21N5O3/c1-15-6-5-9-27-20(15)25-21-18(23(27)30)14-17(22(29)26-10-12-31-13-11-26)19(24)28(21)16-7-3-2-4-8-16/h2-9,14,24H,10-13H2,1H3. The van der Waals surface area contributed by atoms with Crippen molar-refractivity contribution in [3.05, 3.63) is 81.7 Å². The SMILES string of the molecule is Cc1cccn2c(=O)c3cc(C(=O)N4CCOCC4)c(=N)n(-c4ccccc4)c3nc12. The number of para-hydroxylation sites is 1. The van der Waals surface area contributed by atoms with Crippen LogP contribution in [0, 0.1) is 12.3 Å². The first kappa shape index (κ1) is 19.2. The van der Waals surface area contributed by atoms with Gasteiger partial charge in [0.05, 0.1) is 24.2 Å². The molecule has 0 spiro atoms. The van der Waals surface area contributed by atoms with Crippen LogP contribution in [0.5, 0.6) is 0 Å². The van der Waals surface area contributed by atoms with Crippen molar-refractivity contribution in [2.45, 2.75) is 6.92 Å². The fourth-order valence-electron chi connectivity index (χ4n) is 3.96. The van der Waals surface area contributed by atoms with Gasteiger partial charge in [0.15, 0.2) is 5.65 Å². The van der Waals surface area contributed by atoms with Crippen molar-refractivity contribution in [2.24, 2.45) is 0 Å².